The summed E-state index contributed by atoms with van der Waals surface area (Å²) in [6, 6.07) is 16.6. The van der Waals surface area contributed by atoms with Crippen LogP contribution in [0.25, 0.3) is 0 Å². The molecule has 28 heavy (non-hydrogen) atoms. The molecule has 6 rings (SSSR count). The van der Waals surface area contributed by atoms with Gasteiger partial charge < -0.3 is 18.9 Å². The third kappa shape index (κ3) is 2.00. The van der Waals surface area contributed by atoms with Crippen molar-refractivity contribution in [1.82, 2.24) is 0 Å². The third-order valence-corrected chi connectivity index (χ3v) is 6.07. The summed E-state index contributed by atoms with van der Waals surface area (Å²) in [5, 5.41) is 0. The van der Waals surface area contributed by atoms with Gasteiger partial charge >= 0.3 is 0 Å². The zero-order chi connectivity index (χ0) is 19.4. The van der Waals surface area contributed by atoms with E-state index in [4.69, 9.17) is 18.9 Å². The zero-order valence-corrected chi connectivity index (χ0v) is 16.4. The quantitative estimate of drug-likeness (QED) is 0.457. The molecule has 0 fully saturated rings. The first-order valence-electron chi connectivity index (χ1n) is 9.33. The fourth-order valence-corrected chi connectivity index (χ4v) is 5.04. The van der Waals surface area contributed by atoms with Crippen molar-refractivity contribution in [1.29, 1.82) is 0 Å². The second-order valence-electron chi connectivity index (χ2n) is 7.09. The Morgan fingerprint density at radius 3 is 1.00 bits per heavy atom. The second kappa shape index (κ2) is 6.20. The molecule has 0 amide bonds. The summed E-state index contributed by atoms with van der Waals surface area (Å²) in [6.45, 7) is 0. The molecule has 0 saturated heterocycles. The van der Waals surface area contributed by atoms with Crippen molar-refractivity contribution in [3.05, 3.63) is 81.9 Å². The minimum absolute atomic E-state index is 0.00120. The molecule has 0 radical (unpaired) electrons. The molecule has 0 spiro atoms. The average molecular weight is 374 g/mol. The van der Waals surface area contributed by atoms with Crippen molar-refractivity contribution >= 4 is 0 Å². The lowest BCUT2D eigenvalue weighted by atomic mass is 9.60. The third-order valence-electron chi connectivity index (χ3n) is 6.07. The van der Waals surface area contributed by atoms with E-state index in [0.29, 0.717) is 0 Å². The van der Waals surface area contributed by atoms with Gasteiger partial charge in [-0.05, 0) is 35.4 Å². The Hall–Kier alpha value is -3.14. The lowest BCUT2D eigenvalue weighted by Gasteiger charge is -2.44. The van der Waals surface area contributed by atoms with Gasteiger partial charge in [0.05, 0.1) is 28.4 Å². The summed E-state index contributed by atoms with van der Waals surface area (Å²) in [5.74, 6) is 3.49. The van der Waals surface area contributed by atoms with Gasteiger partial charge in [-0.15, -0.1) is 0 Å². The molecule has 4 nitrogen and oxygen atoms in total. The van der Waals surface area contributed by atoms with E-state index in [9.17, 15) is 0 Å². The number of ether oxygens (including phenoxy) is 4. The van der Waals surface area contributed by atoms with Gasteiger partial charge in [0.2, 0.25) is 0 Å². The summed E-state index contributed by atoms with van der Waals surface area (Å²) >= 11 is 0. The molecule has 142 valence electrons. The molecule has 3 aliphatic rings. The van der Waals surface area contributed by atoms with Crippen LogP contribution in [-0.4, -0.2) is 28.4 Å². The van der Waals surface area contributed by atoms with E-state index in [0.717, 1.165) is 45.3 Å². The summed E-state index contributed by atoms with van der Waals surface area (Å²) in [5.41, 5.74) is 7.19. The molecule has 3 aromatic carbocycles. The van der Waals surface area contributed by atoms with Gasteiger partial charge in [-0.3, -0.25) is 0 Å². The first-order chi connectivity index (χ1) is 13.7. The summed E-state index contributed by atoms with van der Waals surface area (Å²) < 4.78 is 23.2. The van der Waals surface area contributed by atoms with Crippen LogP contribution in [0.15, 0.2) is 48.5 Å². The highest BCUT2D eigenvalue weighted by Crippen LogP contribution is 2.63. The van der Waals surface area contributed by atoms with Gasteiger partial charge in [0.15, 0.2) is 0 Å². The Labute approximate surface area is 164 Å². The maximum Gasteiger partial charge on any atom is 0.123 e. The molecule has 0 unspecified atom stereocenters. The molecule has 4 heteroatoms. The van der Waals surface area contributed by atoms with E-state index in [2.05, 4.69) is 24.3 Å². The van der Waals surface area contributed by atoms with Crippen LogP contribution in [0, 0.1) is 0 Å². The van der Waals surface area contributed by atoms with Gasteiger partial charge in [0, 0.05) is 34.1 Å². The minimum atomic E-state index is 0.00120. The van der Waals surface area contributed by atoms with Crippen LogP contribution in [-0.2, 0) is 0 Å². The summed E-state index contributed by atoms with van der Waals surface area (Å²) in [4.78, 5) is 0. The van der Waals surface area contributed by atoms with Crippen molar-refractivity contribution in [2.24, 2.45) is 0 Å². The van der Waals surface area contributed by atoms with Crippen LogP contribution >= 0.6 is 0 Å². The van der Waals surface area contributed by atoms with E-state index in [-0.39, 0.29) is 11.8 Å². The first-order valence-corrected chi connectivity index (χ1v) is 9.33. The summed E-state index contributed by atoms with van der Waals surface area (Å²) in [7, 11) is 6.89. The molecule has 3 aliphatic carbocycles. The predicted octanol–water partition coefficient (Wildman–Crippen LogP) is 4.71. The number of benzene rings is 3. The maximum atomic E-state index is 5.80. The average Bonchev–Trinajstić information content (AvgIpc) is 2.76. The highest BCUT2D eigenvalue weighted by molar-refractivity contribution is 5.77. The summed E-state index contributed by atoms with van der Waals surface area (Å²) in [6.07, 6.45) is 0. The van der Waals surface area contributed by atoms with Crippen molar-refractivity contribution in [2.45, 2.75) is 11.8 Å². The van der Waals surface area contributed by atoms with E-state index < -0.39 is 0 Å². The van der Waals surface area contributed by atoms with Crippen LogP contribution in [0.2, 0.25) is 0 Å². The largest absolute Gasteiger partial charge is 0.496 e. The lowest BCUT2D eigenvalue weighted by Crippen LogP contribution is -2.29. The van der Waals surface area contributed by atoms with Gasteiger partial charge in [-0.1, -0.05) is 24.3 Å². The molecule has 2 bridgehead atoms. The van der Waals surface area contributed by atoms with Crippen molar-refractivity contribution in [3.63, 3.8) is 0 Å². The number of rotatable bonds is 4. The van der Waals surface area contributed by atoms with Gasteiger partial charge in [-0.2, -0.15) is 0 Å². The first kappa shape index (κ1) is 17.0. The minimum Gasteiger partial charge on any atom is -0.496 e. The molecule has 3 aromatic rings. The highest BCUT2D eigenvalue weighted by atomic mass is 16.5. The predicted molar refractivity (Wildman–Crippen MR) is 107 cm³/mol. The van der Waals surface area contributed by atoms with Gasteiger partial charge in [0.25, 0.3) is 0 Å². The lowest BCUT2D eigenvalue weighted by molar-refractivity contribution is 0.376. The van der Waals surface area contributed by atoms with E-state index in [1.807, 2.05) is 24.3 Å². The molecule has 0 atom stereocenters. The van der Waals surface area contributed by atoms with Crippen LogP contribution in [0.1, 0.15) is 45.2 Å². The Balaban J connectivity index is 1.96. The fourth-order valence-electron chi connectivity index (χ4n) is 5.04. The van der Waals surface area contributed by atoms with Crippen molar-refractivity contribution in [3.8, 4) is 23.0 Å². The normalized spacial score (nSPS) is 18.0. The molecule has 0 heterocycles. The van der Waals surface area contributed by atoms with Crippen molar-refractivity contribution in [2.75, 3.05) is 28.4 Å². The molecule has 0 aliphatic heterocycles. The SMILES string of the molecule is COc1ccc(OC)c2c1C1c3ccccc3C2c2c(OC)ccc(OC)c21. The van der Waals surface area contributed by atoms with Crippen LogP contribution < -0.4 is 18.9 Å². The van der Waals surface area contributed by atoms with Crippen LogP contribution in [0.4, 0.5) is 0 Å². The molecule has 0 N–H and O–H groups in total. The van der Waals surface area contributed by atoms with Crippen LogP contribution in [0.5, 0.6) is 23.0 Å². The fraction of sp³-hybridized carbons (Fsp3) is 0.250. The van der Waals surface area contributed by atoms with Gasteiger partial charge in [0.1, 0.15) is 23.0 Å². The Kier molecular flexibility index (Phi) is 3.76. The van der Waals surface area contributed by atoms with E-state index in [1.54, 1.807) is 28.4 Å². The Bertz CT molecular complexity index is 938. The topological polar surface area (TPSA) is 36.9 Å². The molecular formula is C24H22O4. The second-order valence-corrected chi connectivity index (χ2v) is 7.09. The monoisotopic (exact) mass is 374 g/mol. The standard InChI is InChI=1S/C24H22O4/c1-25-15-9-10-16(26-2)22-20-14-8-6-5-7-13(14)19(21(15)22)23-17(27-3)11-12-18(28-4)24(20)23/h5-12,19-20H,1-4H3. The van der Waals surface area contributed by atoms with E-state index in [1.165, 1.54) is 11.1 Å². The van der Waals surface area contributed by atoms with Gasteiger partial charge in [-0.25, -0.2) is 0 Å². The molecule has 0 saturated carbocycles. The van der Waals surface area contributed by atoms with E-state index >= 15 is 0 Å². The Morgan fingerprint density at radius 1 is 0.464 bits per heavy atom. The number of methoxy groups -OCH3 is 4. The smallest absolute Gasteiger partial charge is 0.123 e. The van der Waals surface area contributed by atoms with Crippen LogP contribution in [0.3, 0.4) is 0 Å². The maximum absolute atomic E-state index is 5.80. The number of hydrogen-bond donors (Lipinski definition) is 0. The highest BCUT2D eigenvalue weighted by Gasteiger charge is 2.47. The Morgan fingerprint density at radius 2 is 0.750 bits per heavy atom. The molecule has 0 aromatic heterocycles. The number of hydrogen-bond acceptors (Lipinski definition) is 4. The zero-order valence-electron chi connectivity index (χ0n) is 16.4. The molecular weight excluding hydrogens is 352 g/mol. The van der Waals surface area contributed by atoms with Crippen molar-refractivity contribution < 1.29 is 18.9 Å².